The first kappa shape index (κ1) is 30.6. The Morgan fingerprint density at radius 2 is 1.79 bits per heavy atom. The number of fused-ring (bicyclic) bond motifs is 7. The monoisotopic (exact) mass is 604 g/mol. The van der Waals surface area contributed by atoms with E-state index in [1.54, 1.807) is 11.3 Å². The molecule has 4 fully saturated rings. The standard InChI is InChI=1S/C36H52N4O2S/c1-21-12-15-36(30(41)42)17-16-34(6)25(28(36)22(21)2)10-11-27-33(5)20-23(19-24-9-8-18-43-24)29(39-40-31(37)38)32(3,4)26(33)13-14-35(27,34)7/h8-10,18-19,21-22,26-28H,11-17,20H2,1-7H3,(H,41,42)(H4,37,38,40)/b23-19+,39-29+/t21-,22+,26?,27?,28?,33+,34-,35-,36+/m1/s1. The van der Waals surface area contributed by atoms with Crippen LogP contribution in [0.25, 0.3) is 6.08 Å². The van der Waals surface area contributed by atoms with Gasteiger partial charge in [0.05, 0.1) is 11.1 Å². The summed E-state index contributed by atoms with van der Waals surface area (Å²) in [6.45, 7) is 17.0. The van der Waals surface area contributed by atoms with Crippen LogP contribution in [-0.2, 0) is 4.79 Å². The van der Waals surface area contributed by atoms with Gasteiger partial charge in [-0.3, -0.25) is 4.79 Å². The van der Waals surface area contributed by atoms with Crippen molar-refractivity contribution in [2.75, 3.05) is 0 Å². The first-order valence-corrected chi connectivity index (χ1v) is 17.4. The number of hydrogen-bond acceptors (Lipinski definition) is 4. The molecule has 5 aliphatic carbocycles. The SMILES string of the molecule is C[C@@H]1CC[C@]2(C(=O)O)CC[C@]3(C)C(=CCC4[C@@]5(C)CC(=C\c6cccs6)/C(=N\N=C(N)N)C(C)(C)C5CC[C@]43C)C2[C@H]1C. The topological polar surface area (TPSA) is 114 Å². The number of aliphatic carboxylic acids is 1. The van der Waals surface area contributed by atoms with Gasteiger partial charge >= 0.3 is 5.97 Å². The van der Waals surface area contributed by atoms with Gasteiger partial charge in [-0.05, 0) is 120 Å². The van der Waals surface area contributed by atoms with E-state index in [1.165, 1.54) is 16.0 Å². The first-order chi connectivity index (χ1) is 20.1. The summed E-state index contributed by atoms with van der Waals surface area (Å²) in [6.07, 6.45) is 12.7. The number of carbonyl (C=O) groups is 1. The van der Waals surface area contributed by atoms with Gasteiger partial charge < -0.3 is 16.6 Å². The molecule has 0 aromatic carbocycles. The molecule has 5 aliphatic rings. The second-order valence-corrected chi connectivity index (χ2v) is 17.1. The van der Waals surface area contributed by atoms with Crippen LogP contribution in [0.2, 0.25) is 0 Å². The summed E-state index contributed by atoms with van der Waals surface area (Å²) in [7, 11) is 0. The predicted octanol–water partition coefficient (Wildman–Crippen LogP) is 8.11. The van der Waals surface area contributed by atoms with Crippen LogP contribution in [0.15, 0.2) is 44.9 Å². The zero-order chi connectivity index (χ0) is 31.2. The normalized spacial score (nSPS) is 45.3. The third-order valence-corrected chi connectivity index (χ3v) is 15.0. The molecule has 7 heteroatoms. The maximum Gasteiger partial charge on any atom is 0.310 e. The molecule has 43 heavy (non-hydrogen) atoms. The minimum absolute atomic E-state index is 0.00668. The van der Waals surface area contributed by atoms with E-state index in [0.29, 0.717) is 23.7 Å². The zero-order valence-electron chi connectivity index (χ0n) is 27.2. The molecule has 3 unspecified atom stereocenters. The van der Waals surface area contributed by atoms with Gasteiger partial charge in [0, 0.05) is 10.3 Å². The highest BCUT2D eigenvalue weighted by atomic mass is 32.1. The van der Waals surface area contributed by atoms with Crippen molar-refractivity contribution in [3.63, 3.8) is 0 Å². The fourth-order valence-electron chi connectivity index (χ4n) is 11.7. The minimum atomic E-state index is -0.609. The molecule has 0 bridgehead atoms. The van der Waals surface area contributed by atoms with Gasteiger partial charge in [0.15, 0.2) is 0 Å². The number of hydrogen-bond donors (Lipinski definition) is 3. The van der Waals surface area contributed by atoms with Crippen molar-refractivity contribution in [3.05, 3.63) is 39.6 Å². The Bertz CT molecular complexity index is 1420. The lowest BCUT2D eigenvalue weighted by atomic mass is 9.33. The highest BCUT2D eigenvalue weighted by molar-refractivity contribution is 7.10. The Balaban J connectivity index is 1.48. The fourth-order valence-corrected chi connectivity index (χ4v) is 12.4. The van der Waals surface area contributed by atoms with Gasteiger partial charge in [0.25, 0.3) is 0 Å². The second kappa shape index (κ2) is 10.1. The number of rotatable bonds is 3. The Morgan fingerprint density at radius 1 is 1.05 bits per heavy atom. The van der Waals surface area contributed by atoms with Gasteiger partial charge in [-0.1, -0.05) is 66.2 Å². The van der Waals surface area contributed by atoms with E-state index in [-0.39, 0.29) is 33.5 Å². The number of thiophene rings is 1. The van der Waals surface area contributed by atoms with Crippen molar-refractivity contribution in [3.8, 4) is 0 Å². The van der Waals surface area contributed by atoms with E-state index in [1.807, 2.05) is 0 Å². The molecule has 0 radical (unpaired) electrons. The number of nitrogens with zero attached hydrogens (tertiary/aromatic N) is 2. The van der Waals surface area contributed by atoms with E-state index in [9.17, 15) is 9.90 Å². The number of nitrogens with two attached hydrogens (primary N) is 2. The average molecular weight is 605 g/mol. The average Bonchev–Trinajstić information content (AvgIpc) is 3.43. The van der Waals surface area contributed by atoms with Crippen LogP contribution in [0, 0.1) is 56.7 Å². The fraction of sp³-hybridized carbons (Fsp3) is 0.694. The van der Waals surface area contributed by atoms with Gasteiger partial charge in [-0.2, -0.15) is 5.10 Å². The number of carboxylic acids is 1. The van der Waals surface area contributed by atoms with Crippen LogP contribution in [0.5, 0.6) is 0 Å². The molecule has 0 spiro atoms. The van der Waals surface area contributed by atoms with Crippen LogP contribution in [0.4, 0.5) is 0 Å². The van der Waals surface area contributed by atoms with Gasteiger partial charge in [0.1, 0.15) is 0 Å². The summed E-state index contributed by atoms with van der Waals surface area (Å²) in [5, 5.41) is 21.8. The zero-order valence-corrected chi connectivity index (χ0v) is 28.1. The summed E-state index contributed by atoms with van der Waals surface area (Å²) >= 11 is 1.75. The van der Waals surface area contributed by atoms with E-state index >= 15 is 0 Å². The lowest BCUT2D eigenvalue weighted by Crippen LogP contribution is -2.65. The van der Waals surface area contributed by atoms with Crippen LogP contribution < -0.4 is 11.5 Å². The predicted molar refractivity (Wildman–Crippen MR) is 178 cm³/mol. The molecule has 0 amide bonds. The Hall–Kier alpha value is -2.41. The quantitative estimate of drug-likeness (QED) is 0.140. The van der Waals surface area contributed by atoms with Gasteiger partial charge in [-0.15, -0.1) is 16.4 Å². The van der Waals surface area contributed by atoms with E-state index < -0.39 is 11.4 Å². The highest BCUT2D eigenvalue weighted by Gasteiger charge is 2.69. The van der Waals surface area contributed by atoms with Crippen molar-refractivity contribution in [1.82, 2.24) is 0 Å². The van der Waals surface area contributed by atoms with Gasteiger partial charge in [-0.25, -0.2) is 0 Å². The maximum absolute atomic E-state index is 13.0. The minimum Gasteiger partial charge on any atom is -0.481 e. The summed E-state index contributed by atoms with van der Waals surface area (Å²) in [6, 6.07) is 4.27. The molecule has 234 valence electrons. The first-order valence-electron chi connectivity index (χ1n) is 16.5. The largest absolute Gasteiger partial charge is 0.481 e. The van der Waals surface area contributed by atoms with E-state index in [2.05, 4.69) is 83.2 Å². The molecule has 0 aliphatic heterocycles. The van der Waals surface area contributed by atoms with Crippen molar-refractivity contribution >= 4 is 35.1 Å². The molecule has 1 heterocycles. The molecule has 4 saturated carbocycles. The van der Waals surface area contributed by atoms with Crippen molar-refractivity contribution < 1.29 is 9.90 Å². The third kappa shape index (κ3) is 4.19. The lowest BCUT2D eigenvalue weighted by Gasteiger charge is -2.71. The van der Waals surface area contributed by atoms with Crippen LogP contribution >= 0.6 is 11.3 Å². The molecule has 1 aromatic heterocycles. The van der Waals surface area contributed by atoms with Crippen molar-refractivity contribution in [1.29, 1.82) is 0 Å². The van der Waals surface area contributed by atoms with Crippen molar-refractivity contribution in [2.45, 2.75) is 99.8 Å². The summed E-state index contributed by atoms with van der Waals surface area (Å²) in [4.78, 5) is 14.3. The molecule has 6 rings (SSSR count). The molecule has 1 aromatic rings. The summed E-state index contributed by atoms with van der Waals surface area (Å²) in [5.41, 5.74) is 14.6. The molecule has 6 nitrogen and oxygen atoms in total. The van der Waals surface area contributed by atoms with Crippen LogP contribution in [0.3, 0.4) is 0 Å². The number of allylic oxidation sites excluding steroid dienone is 3. The Kier molecular flexibility index (Phi) is 7.15. The Labute approximate surface area is 262 Å². The van der Waals surface area contributed by atoms with Crippen LogP contribution in [0.1, 0.15) is 105 Å². The lowest BCUT2D eigenvalue weighted by molar-refractivity contribution is -0.179. The summed E-state index contributed by atoms with van der Waals surface area (Å²) < 4.78 is 0. The van der Waals surface area contributed by atoms with Crippen LogP contribution in [-0.4, -0.2) is 22.7 Å². The number of carboxylic acid groups (broad SMARTS) is 1. The number of guanidine groups is 1. The molecule has 9 atom stereocenters. The second-order valence-electron chi connectivity index (χ2n) is 16.2. The van der Waals surface area contributed by atoms with E-state index in [4.69, 9.17) is 16.6 Å². The molecule has 0 saturated heterocycles. The van der Waals surface area contributed by atoms with Gasteiger partial charge in [0.2, 0.25) is 5.96 Å². The highest BCUT2D eigenvalue weighted by Crippen LogP contribution is 2.76. The van der Waals surface area contributed by atoms with E-state index in [0.717, 1.165) is 57.1 Å². The maximum atomic E-state index is 13.0. The summed E-state index contributed by atoms with van der Waals surface area (Å²) in [5.74, 6) is 1.40. The third-order valence-electron chi connectivity index (χ3n) is 14.2. The molecular formula is C36H52N4O2S. The Morgan fingerprint density at radius 3 is 2.44 bits per heavy atom. The smallest absolute Gasteiger partial charge is 0.310 e. The molecular weight excluding hydrogens is 552 g/mol. The van der Waals surface area contributed by atoms with Crippen molar-refractivity contribution in [2.24, 2.45) is 78.3 Å². The molecule has 5 N–H and O–H groups in total.